The van der Waals surface area contributed by atoms with Crippen LogP contribution in [0.3, 0.4) is 0 Å². The van der Waals surface area contributed by atoms with E-state index in [1.54, 1.807) is 7.11 Å². The quantitative estimate of drug-likeness (QED) is 0.864. The molecule has 3 nitrogen and oxygen atoms in total. The van der Waals surface area contributed by atoms with Crippen LogP contribution in [0.1, 0.15) is 44.6 Å². The Balaban J connectivity index is 2.18. The molecule has 0 heterocycles. The van der Waals surface area contributed by atoms with Crippen molar-refractivity contribution >= 4 is 11.6 Å². The SMILES string of the molecule is CCC(N)Cc1cc(Cl)c(OC2CCCC2)c(OC)c1. The molecule has 0 bridgehead atoms. The fraction of sp³-hybridized carbons (Fsp3) is 0.625. The third kappa shape index (κ3) is 3.80. The van der Waals surface area contributed by atoms with E-state index in [-0.39, 0.29) is 12.1 Å². The number of rotatable bonds is 6. The molecule has 2 rings (SSSR count). The van der Waals surface area contributed by atoms with Crippen molar-refractivity contribution in [2.75, 3.05) is 7.11 Å². The molecule has 4 heteroatoms. The summed E-state index contributed by atoms with van der Waals surface area (Å²) in [6.45, 7) is 2.08. The van der Waals surface area contributed by atoms with E-state index in [0.717, 1.165) is 31.2 Å². The van der Waals surface area contributed by atoms with Gasteiger partial charge < -0.3 is 15.2 Å². The predicted octanol–water partition coefficient (Wildman–Crippen LogP) is 3.95. The molecule has 1 aromatic rings. The van der Waals surface area contributed by atoms with E-state index in [2.05, 4.69) is 6.92 Å². The van der Waals surface area contributed by atoms with Gasteiger partial charge in [0.05, 0.1) is 18.2 Å². The Labute approximate surface area is 126 Å². The average molecular weight is 298 g/mol. The van der Waals surface area contributed by atoms with Crippen LogP contribution in [0.2, 0.25) is 5.02 Å². The lowest BCUT2D eigenvalue weighted by atomic mass is 10.0. The van der Waals surface area contributed by atoms with Crippen molar-refractivity contribution in [1.82, 2.24) is 0 Å². The van der Waals surface area contributed by atoms with E-state index in [9.17, 15) is 0 Å². The molecule has 0 saturated heterocycles. The van der Waals surface area contributed by atoms with Gasteiger partial charge in [-0.05, 0) is 56.2 Å². The van der Waals surface area contributed by atoms with E-state index < -0.39 is 0 Å². The minimum absolute atomic E-state index is 0.150. The van der Waals surface area contributed by atoms with Crippen LogP contribution in [0.5, 0.6) is 11.5 Å². The number of benzene rings is 1. The van der Waals surface area contributed by atoms with Crippen molar-refractivity contribution in [2.24, 2.45) is 5.73 Å². The normalized spacial score (nSPS) is 17.2. The third-order valence-electron chi connectivity index (χ3n) is 3.90. The zero-order valence-corrected chi connectivity index (χ0v) is 13.1. The van der Waals surface area contributed by atoms with Gasteiger partial charge in [0.1, 0.15) is 0 Å². The lowest BCUT2D eigenvalue weighted by Gasteiger charge is -2.19. The van der Waals surface area contributed by atoms with E-state index in [1.807, 2.05) is 12.1 Å². The summed E-state index contributed by atoms with van der Waals surface area (Å²) >= 11 is 6.37. The second kappa shape index (κ2) is 7.19. The summed E-state index contributed by atoms with van der Waals surface area (Å²) in [5.74, 6) is 1.39. The molecule has 0 aliphatic heterocycles. The van der Waals surface area contributed by atoms with Crippen LogP contribution in [-0.2, 0) is 6.42 Å². The number of hydrogen-bond acceptors (Lipinski definition) is 3. The van der Waals surface area contributed by atoms with Crippen LogP contribution in [0.15, 0.2) is 12.1 Å². The summed E-state index contributed by atoms with van der Waals surface area (Å²) in [4.78, 5) is 0. The summed E-state index contributed by atoms with van der Waals surface area (Å²) in [7, 11) is 1.65. The lowest BCUT2D eigenvalue weighted by Crippen LogP contribution is -2.21. The third-order valence-corrected chi connectivity index (χ3v) is 4.18. The van der Waals surface area contributed by atoms with Gasteiger partial charge in [0, 0.05) is 6.04 Å². The Morgan fingerprint density at radius 1 is 1.35 bits per heavy atom. The molecule has 2 N–H and O–H groups in total. The molecule has 1 aliphatic rings. The highest BCUT2D eigenvalue weighted by Gasteiger charge is 2.21. The number of ether oxygens (including phenoxy) is 2. The monoisotopic (exact) mass is 297 g/mol. The van der Waals surface area contributed by atoms with Gasteiger partial charge in [0.15, 0.2) is 11.5 Å². The van der Waals surface area contributed by atoms with Gasteiger partial charge in [-0.15, -0.1) is 0 Å². The molecule has 0 amide bonds. The highest BCUT2D eigenvalue weighted by molar-refractivity contribution is 6.32. The van der Waals surface area contributed by atoms with E-state index in [4.69, 9.17) is 26.8 Å². The Hall–Kier alpha value is -0.930. The topological polar surface area (TPSA) is 44.5 Å². The highest BCUT2D eigenvalue weighted by atomic mass is 35.5. The van der Waals surface area contributed by atoms with Crippen LogP contribution < -0.4 is 15.2 Å². The first kappa shape index (κ1) is 15.5. The van der Waals surface area contributed by atoms with Gasteiger partial charge >= 0.3 is 0 Å². The summed E-state index contributed by atoms with van der Waals surface area (Å²) in [5.41, 5.74) is 7.10. The standard InChI is InChI=1S/C16H24ClNO2/c1-3-12(18)8-11-9-14(17)16(15(10-11)19-2)20-13-6-4-5-7-13/h9-10,12-13H,3-8,18H2,1-2H3. The molecule has 0 radical (unpaired) electrons. The molecule has 20 heavy (non-hydrogen) atoms. The Morgan fingerprint density at radius 3 is 2.65 bits per heavy atom. The van der Waals surface area contributed by atoms with Crippen molar-refractivity contribution < 1.29 is 9.47 Å². The second-order valence-corrected chi connectivity index (χ2v) is 5.91. The minimum Gasteiger partial charge on any atom is -0.493 e. The first-order valence-corrected chi connectivity index (χ1v) is 7.80. The molecule has 1 aromatic carbocycles. The van der Waals surface area contributed by atoms with E-state index in [0.29, 0.717) is 16.5 Å². The maximum absolute atomic E-state index is 6.37. The number of methoxy groups -OCH3 is 1. The van der Waals surface area contributed by atoms with Gasteiger partial charge in [-0.25, -0.2) is 0 Å². The second-order valence-electron chi connectivity index (χ2n) is 5.51. The maximum Gasteiger partial charge on any atom is 0.180 e. The van der Waals surface area contributed by atoms with Crippen molar-refractivity contribution in [2.45, 2.75) is 57.6 Å². The van der Waals surface area contributed by atoms with E-state index in [1.165, 1.54) is 12.8 Å². The molecular formula is C16H24ClNO2. The average Bonchev–Trinajstić information content (AvgIpc) is 2.94. The Bertz CT molecular complexity index is 444. The fourth-order valence-electron chi connectivity index (χ4n) is 2.63. The molecule has 1 saturated carbocycles. The van der Waals surface area contributed by atoms with Gasteiger partial charge in [0.2, 0.25) is 0 Å². The van der Waals surface area contributed by atoms with Crippen molar-refractivity contribution in [3.8, 4) is 11.5 Å². The van der Waals surface area contributed by atoms with Crippen molar-refractivity contribution in [3.05, 3.63) is 22.7 Å². The van der Waals surface area contributed by atoms with E-state index >= 15 is 0 Å². The molecule has 112 valence electrons. The number of halogens is 1. The van der Waals surface area contributed by atoms with Crippen LogP contribution >= 0.6 is 11.6 Å². The Kier molecular flexibility index (Phi) is 5.55. The van der Waals surface area contributed by atoms with Crippen LogP contribution in [0.25, 0.3) is 0 Å². The smallest absolute Gasteiger partial charge is 0.180 e. The summed E-state index contributed by atoms with van der Waals surface area (Å²) < 4.78 is 11.5. The van der Waals surface area contributed by atoms with Gasteiger partial charge in [-0.3, -0.25) is 0 Å². The zero-order valence-electron chi connectivity index (χ0n) is 12.3. The summed E-state index contributed by atoms with van der Waals surface area (Å²) in [6, 6.07) is 4.09. The minimum atomic E-state index is 0.150. The molecule has 1 aliphatic carbocycles. The number of nitrogens with two attached hydrogens (primary N) is 1. The Morgan fingerprint density at radius 2 is 2.05 bits per heavy atom. The molecular weight excluding hydrogens is 274 g/mol. The molecule has 0 spiro atoms. The lowest BCUT2D eigenvalue weighted by molar-refractivity contribution is 0.201. The first-order chi connectivity index (χ1) is 9.63. The van der Waals surface area contributed by atoms with Crippen LogP contribution in [0.4, 0.5) is 0 Å². The largest absolute Gasteiger partial charge is 0.493 e. The zero-order chi connectivity index (χ0) is 14.5. The summed E-state index contributed by atoms with van der Waals surface area (Å²) in [5, 5.41) is 0.620. The first-order valence-electron chi connectivity index (χ1n) is 7.42. The predicted molar refractivity (Wildman–Crippen MR) is 82.9 cm³/mol. The van der Waals surface area contributed by atoms with Crippen molar-refractivity contribution in [3.63, 3.8) is 0 Å². The molecule has 1 atom stereocenters. The summed E-state index contributed by atoms with van der Waals surface area (Å²) in [6.07, 6.45) is 6.67. The maximum atomic E-state index is 6.37. The molecule has 1 unspecified atom stereocenters. The van der Waals surface area contributed by atoms with Gasteiger partial charge in [-0.1, -0.05) is 18.5 Å². The number of hydrogen-bond donors (Lipinski definition) is 1. The highest BCUT2D eigenvalue weighted by Crippen LogP contribution is 2.39. The van der Waals surface area contributed by atoms with Crippen LogP contribution in [0, 0.1) is 0 Å². The van der Waals surface area contributed by atoms with Gasteiger partial charge in [0.25, 0.3) is 0 Å². The molecule has 0 aromatic heterocycles. The molecule has 1 fully saturated rings. The van der Waals surface area contributed by atoms with Gasteiger partial charge in [-0.2, -0.15) is 0 Å². The van der Waals surface area contributed by atoms with Crippen LogP contribution in [-0.4, -0.2) is 19.3 Å². The van der Waals surface area contributed by atoms with Crippen molar-refractivity contribution in [1.29, 1.82) is 0 Å². The fourth-order valence-corrected chi connectivity index (χ4v) is 2.90.